The van der Waals surface area contributed by atoms with Gasteiger partial charge in [0.2, 0.25) is 11.0 Å². The Kier molecular flexibility index (Phi) is 4.72. The van der Waals surface area contributed by atoms with Crippen molar-refractivity contribution in [2.45, 2.75) is 46.2 Å². The van der Waals surface area contributed by atoms with Crippen LogP contribution in [0, 0.1) is 20.8 Å². The first-order chi connectivity index (χ1) is 11.0. The molecule has 1 saturated heterocycles. The van der Waals surface area contributed by atoms with Crippen molar-refractivity contribution in [3.63, 3.8) is 0 Å². The molecule has 2 aromatic heterocycles. The van der Waals surface area contributed by atoms with E-state index in [1.165, 1.54) is 17.0 Å². The van der Waals surface area contributed by atoms with Crippen LogP contribution < -0.4 is 5.32 Å². The van der Waals surface area contributed by atoms with E-state index < -0.39 is 0 Å². The Hall–Kier alpha value is -1.80. The Bertz CT molecular complexity index is 694. The minimum atomic E-state index is -0.0265. The van der Waals surface area contributed by atoms with Crippen molar-refractivity contribution in [1.82, 2.24) is 24.9 Å². The van der Waals surface area contributed by atoms with E-state index >= 15 is 0 Å². The minimum absolute atomic E-state index is 0.0265. The van der Waals surface area contributed by atoms with Gasteiger partial charge in [-0.15, -0.1) is 10.2 Å². The van der Waals surface area contributed by atoms with Crippen LogP contribution in [0.5, 0.6) is 0 Å². The molecule has 1 aliphatic heterocycles. The van der Waals surface area contributed by atoms with Gasteiger partial charge in [0.15, 0.2) is 0 Å². The number of amides is 1. The molecule has 0 saturated carbocycles. The van der Waals surface area contributed by atoms with E-state index in [1.54, 1.807) is 0 Å². The second-order valence-electron chi connectivity index (χ2n) is 6.05. The number of hydrogen-bond donors (Lipinski definition) is 1. The highest BCUT2D eigenvalue weighted by molar-refractivity contribution is 7.15. The monoisotopic (exact) mass is 334 g/mol. The highest BCUT2D eigenvalue weighted by Crippen LogP contribution is 2.20. The summed E-state index contributed by atoms with van der Waals surface area (Å²) in [5.74, 6) is -0.0265. The zero-order valence-corrected chi connectivity index (χ0v) is 14.6. The van der Waals surface area contributed by atoms with Crippen LogP contribution in [-0.4, -0.2) is 49.9 Å². The normalized spacial score (nSPS) is 18.5. The number of carbonyl (C=O) groups excluding carboxylic acids is 1. The van der Waals surface area contributed by atoms with Gasteiger partial charge < -0.3 is 0 Å². The smallest absolute Gasteiger partial charge is 0.240 e. The predicted octanol–water partition coefficient (Wildman–Crippen LogP) is 1.76. The van der Waals surface area contributed by atoms with Crippen molar-refractivity contribution < 1.29 is 4.79 Å². The van der Waals surface area contributed by atoms with Crippen molar-refractivity contribution in [3.05, 3.63) is 22.5 Å². The third-order valence-corrected chi connectivity index (χ3v) is 4.86. The second kappa shape index (κ2) is 6.76. The first-order valence-electron chi connectivity index (χ1n) is 7.86. The number of nitrogens with one attached hydrogen (secondary N) is 1. The summed E-state index contributed by atoms with van der Waals surface area (Å²) in [4.78, 5) is 14.4. The van der Waals surface area contributed by atoms with Gasteiger partial charge >= 0.3 is 0 Å². The van der Waals surface area contributed by atoms with Crippen LogP contribution in [0.25, 0.3) is 0 Å². The summed E-state index contributed by atoms with van der Waals surface area (Å²) in [6, 6.07) is 2.44. The zero-order valence-electron chi connectivity index (χ0n) is 13.7. The van der Waals surface area contributed by atoms with E-state index in [4.69, 9.17) is 0 Å². The van der Waals surface area contributed by atoms with Crippen LogP contribution in [0.2, 0.25) is 0 Å². The molecule has 2 aromatic rings. The zero-order chi connectivity index (χ0) is 16.4. The Balaban J connectivity index is 1.58. The molecule has 3 heterocycles. The van der Waals surface area contributed by atoms with Crippen molar-refractivity contribution in [2.24, 2.45) is 0 Å². The van der Waals surface area contributed by atoms with Gasteiger partial charge in [-0.1, -0.05) is 11.3 Å². The number of carbonyl (C=O) groups is 1. The van der Waals surface area contributed by atoms with E-state index in [1.807, 2.05) is 18.5 Å². The molecule has 1 N–H and O–H groups in total. The average molecular weight is 334 g/mol. The Morgan fingerprint density at radius 1 is 1.39 bits per heavy atom. The summed E-state index contributed by atoms with van der Waals surface area (Å²) in [5, 5.41) is 16.6. The van der Waals surface area contributed by atoms with Crippen LogP contribution in [0.3, 0.4) is 0 Å². The van der Waals surface area contributed by atoms with Crippen LogP contribution in [0.1, 0.15) is 29.2 Å². The number of aryl methyl sites for hydroxylation is 3. The molecular weight excluding hydrogens is 312 g/mol. The third-order valence-electron chi connectivity index (χ3n) is 4.11. The summed E-state index contributed by atoms with van der Waals surface area (Å²) in [7, 11) is 0. The number of hydrogen-bond acceptors (Lipinski definition) is 6. The van der Waals surface area contributed by atoms with Crippen LogP contribution in [-0.2, 0) is 11.3 Å². The molecule has 1 amide bonds. The number of aromatic nitrogens is 4. The Morgan fingerprint density at radius 2 is 2.22 bits per heavy atom. The molecule has 7 nitrogen and oxygen atoms in total. The molecule has 0 aromatic carbocycles. The molecule has 1 atom stereocenters. The summed E-state index contributed by atoms with van der Waals surface area (Å²) in [5.41, 5.74) is 2.21. The SMILES string of the molecule is Cc1cc(C)n(C[C@@H]2CCCN2CC(=O)Nc2nnc(C)s2)n1. The van der Waals surface area contributed by atoms with Crippen LogP contribution in [0.4, 0.5) is 5.13 Å². The van der Waals surface area contributed by atoms with E-state index in [2.05, 4.69) is 38.5 Å². The quantitative estimate of drug-likeness (QED) is 0.902. The molecule has 0 aliphatic carbocycles. The molecule has 124 valence electrons. The highest BCUT2D eigenvalue weighted by atomic mass is 32.1. The van der Waals surface area contributed by atoms with Crippen molar-refractivity contribution in [3.8, 4) is 0 Å². The highest BCUT2D eigenvalue weighted by Gasteiger charge is 2.27. The van der Waals surface area contributed by atoms with Crippen molar-refractivity contribution in [1.29, 1.82) is 0 Å². The third kappa shape index (κ3) is 3.94. The molecule has 0 radical (unpaired) electrons. The number of nitrogens with zero attached hydrogens (tertiary/aromatic N) is 5. The molecular formula is C15H22N6OS. The standard InChI is InChI=1S/C15H22N6OS/c1-10-7-11(2)21(19-10)8-13-5-4-6-20(13)9-14(22)16-15-18-17-12(3)23-15/h7,13H,4-6,8-9H2,1-3H3,(H,16,18,22)/t13-/m0/s1. The summed E-state index contributed by atoms with van der Waals surface area (Å²) >= 11 is 1.40. The second-order valence-corrected chi connectivity index (χ2v) is 7.23. The minimum Gasteiger partial charge on any atom is -0.299 e. The number of likely N-dealkylation sites (tertiary alicyclic amines) is 1. The van der Waals surface area contributed by atoms with Gasteiger partial charge in [0, 0.05) is 11.7 Å². The number of anilines is 1. The van der Waals surface area contributed by atoms with E-state index in [-0.39, 0.29) is 5.91 Å². The van der Waals surface area contributed by atoms with Gasteiger partial charge in [-0.05, 0) is 46.2 Å². The van der Waals surface area contributed by atoms with Crippen LogP contribution in [0.15, 0.2) is 6.07 Å². The summed E-state index contributed by atoms with van der Waals surface area (Å²) < 4.78 is 2.05. The fraction of sp³-hybridized carbons (Fsp3) is 0.600. The molecule has 3 rings (SSSR count). The maximum Gasteiger partial charge on any atom is 0.240 e. The van der Waals surface area contributed by atoms with Gasteiger partial charge in [-0.3, -0.25) is 19.7 Å². The topological polar surface area (TPSA) is 75.9 Å². The lowest BCUT2D eigenvalue weighted by molar-refractivity contribution is -0.117. The average Bonchev–Trinajstić information content (AvgIpc) is 3.15. The number of rotatable bonds is 5. The predicted molar refractivity (Wildman–Crippen MR) is 89.6 cm³/mol. The molecule has 0 unspecified atom stereocenters. The molecule has 0 bridgehead atoms. The van der Waals surface area contributed by atoms with Gasteiger partial charge in [-0.2, -0.15) is 5.10 Å². The van der Waals surface area contributed by atoms with Crippen LogP contribution >= 0.6 is 11.3 Å². The maximum atomic E-state index is 12.2. The molecule has 0 spiro atoms. The lowest BCUT2D eigenvalue weighted by atomic mass is 10.2. The lowest BCUT2D eigenvalue weighted by Gasteiger charge is -2.24. The first kappa shape index (κ1) is 16.1. The largest absolute Gasteiger partial charge is 0.299 e. The Labute approximate surface area is 139 Å². The first-order valence-corrected chi connectivity index (χ1v) is 8.68. The Morgan fingerprint density at radius 3 is 2.87 bits per heavy atom. The lowest BCUT2D eigenvalue weighted by Crippen LogP contribution is -2.39. The van der Waals surface area contributed by atoms with Gasteiger partial charge in [0.25, 0.3) is 0 Å². The van der Waals surface area contributed by atoms with E-state index in [9.17, 15) is 4.79 Å². The van der Waals surface area contributed by atoms with Gasteiger partial charge in [-0.25, -0.2) is 0 Å². The molecule has 23 heavy (non-hydrogen) atoms. The molecule has 1 aliphatic rings. The molecule has 8 heteroatoms. The van der Waals surface area contributed by atoms with E-state index in [0.717, 1.165) is 36.6 Å². The molecule has 1 fully saturated rings. The van der Waals surface area contributed by atoms with E-state index in [0.29, 0.717) is 17.7 Å². The van der Waals surface area contributed by atoms with Gasteiger partial charge in [0.1, 0.15) is 5.01 Å². The van der Waals surface area contributed by atoms with Crippen molar-refractivity contribution >= 4 is 22.4 Å². The summed E-state index contributed by atoms with van der Waals surface area (Å²) in [6.07, 6.45) is 2.22. The van der Waals surface area contributed by atoms with Gasteiger partial charge in [0.05, 0.1) is 18.8 Å². The van der Waals surface area contributed by atoms with Crippen molar-refractivity contribution in [2.75, 3.05) is 18.4 Å². The maximum absolute atomic E-state index is 12.2. The fourth-order valence-electron chi connectivity index (χ4n) is 3.06. The summed E-state index contributed by atoms with van der Waals surface area (Å²) in [6.45, 7) is 8.13. The fourth-order valence-corrected chi connectivity index (χ4v) is 3.67.